The number of amides is 1. The zero-order valence-corrected chi connectivity index (χ0v) is 18.0. The van der Waals surface area contributed by atoms with Gasteiger partial charge in [0, 0.05) is 17.2 Å². The zero-order chi connectivity index (χ0) is 20.7. The third-order valence-corrected chi connectivity index (χ3v) is 4.76. The minimum Gasteiger partial charge on any atom is -0.496 e. The Balaban J connectivity index is 2.10. The van der Waals surface area contributed by atoms with Gasteiger partial charge in [0.05, 0.1) is 7.11 Å². The van der Waals surface area contributed by atoms with Gasteiger partial charge in [0.2, 0.25) is 0 Å². The SMILES string of the molecule is CCC[C@H](C)NC(=O)c1ccc(OC)c(COc2ccc(C(C)(C)C)cc2)c1. The van der Waals surface area contributed by atoms with Gasteiger partial charge in [-0.3, -0.25) is 4.79 Å². The monoisotopic (exact) mass is 383 g/mol. The largest absolute Gasteiger partial charge is 0.496 e. The molecule has 2 rings (SSSR count). The van der Waals surface area contributed by atoms with E-state index in [0.29, 0.717) is 17.9 Å². The fourth-order valence-electron chi connectivity index (χ4n) is 3.06. The Morgan fingerprint density at radius 2 is 1.79 bits per heavy atom. The normalized spacial score (nSPS) is 12.4. The molecule has 0 unspecified atom stereocenters. The van der Waals surface area contributed by atoms with Crippen LogP contribution in [-0.4, -0.2) is 19.1 Å². The lowest BCUT2D eigenvalue weighted by Gasteiger charge is -2.19. The first kappa shape index (κ1) is 21.8. The van der Waals surface area contributed by atoms with Crippen LogP contribution in [0.15, 0.2) is 42.5 Å². The summed E-state index contributed by atoms with van der Waals surface area (Å²) >= 11 is 0. The summed E-state index contributed by atoms with van der Waals surface area (Å²) < 4.78 is 11.4. The molecule has 0 bridgehead atoms. The highest BCUT2D eigenvalue weighted by Crippen LogP contribution is 2.26. The summed E-state index contributed by atoms with van der Waals surface area (Å²) in [5, 5.41) is 3.04. The van der Waals surface area contributed by atoms with Gasteiger partial charge in [0.25, 0.3) is 5.91 Å². The predicted molar refractivity (Wildman–Crippen MR) is 114 cm³/mol. The Bertz CT molecular complexity index is 775. The Labute approximate surface area is 169 Å². The maximum atomic E-state index is 12.5. The van der Waals surface area contributed by atoms with Crippen molar-refractivity contribution in [3.05, 3.63) is 59.2 Å². The molecule has 0 aromatic heterocycles. The van der Waals surface area contributed by atoms with Crippen molar-refractivity contribution >= 4 is 5.91 Å². The summed E-state index contributed by atoms with van der Waals surface area (Å²) in [5.74, 6) is 1.44. The molecule has 4 nitrogen and oxygen atoms in total. The van der Waals surface area contributed by atoms with Gasteiger partial charge in [-0.1, -0.05) is 46.2 Å². The van der Waals surface area contributed by atoms with Gasteiger partial charge in [-0.15, -0.1) is 0 Å². The number of rotatable bonds is 8. The lowest BCUT2D eigenvalue weighted by molar-refractivity contribution is 0.0938. The van der Waals surface area contributed by atoms with Crippen molar-refractivity contribution in [1.82, 2.24) is 5.32 Å². The van der Waals surface area contributed by atoms with E-state index >= 15 is 0 Å². The standard InChI is InChI=1S/C24H33NO3/c1-7-8-17(2)25-23(26)18-9-14-22(27-6)19(15-18)16-28-21-12-10-20(11-13-21)24(3,4)5/h9-15,17H,7-8,16H2,1-6H3,(H,25,26)/t17-/m0/s1. The number of nitrogens with one attached hydrogen (secondary N) is 1. The average Bonchev–Trinajstić information content (AvgIpc) is 2.65. The summed E-state index contributed by atoms with van der Waals surface area (Å²) in [5.41, 5.74) is 2.83. The molecule has 1 atom stereocenters. The van der Waals surface area contributed by atoms with Crippen molar-refractivity contribution < 1.29 is 14.3 Å². The van der Waals surface area contributed by atoms with Gasteiger partial charge >= 0.3 is 0 Å². The lowest BCUT2D eigenvalue weighted by atomic mass is 9.87. The molecule has 152 valence electrons. The smallest absolute Gasteiger partial charge is 0.251 e. The number of hydrogen-bond acceptors (Lipinski definition) is 3. The van der Waals surface area contributed by atoms with E-state index in [9.17, 15) is 4.79 Å². The van der Waals surface area contributed by atoms with E-state index in [0.717, 1.165) is 24.2 Å². The molecule has 28 heavy (non-hydrogen) atoms. The van der Waals surface area contributed by atoms with Crippen LogP contribution in [-0.2, 0) is 12.0 Å². The van der Waals surface area contributed by atoms with Crippen LogP contribution in [0.2, 0.25) is 0 Å². The van der Waals surface area contributed by atoms with Crippen molar-refractivity contribution in [2.75, 3.05) is 7.11 Å². The Hall–Kier alpha value is -2.49. The van der Waals surface area contributed by atoms with Crippen molar-refractivity contribution in [3.8, 4) is 11.5 Å². The van der Waals surface area contributed by atoms with Gasteiger partial charge < -0.3 is 14.8 Å². The molecule has 0 saturated carbocycles. The van der Waals surface area contributed by atoms with E-state index in [-0.39, 0.29) is 17.4 Å². The lowest BCUT2D eigenvalue weighted by Crippen LogP contribution is -2.32. The fraction of sp³-hybridized carbons (Fsp3) is 0.458. The second-order valence-electron chi connectivity index (χ2n) is 8.25. The van der Waals surface area contributed by atoms with Crippen LogP contribution >= 0.6 is 0 Å². The molecular formula is C24H33NO3. The van der Waals surface area contributed by atoms with E-state index in [4.69, 9.17) is 9.47 Å². The summed E-state index contributed by atoms with van der Waals surface area (Å²) in [6, 6.07) is 13.7. The quantitative estimate of drug-likeness (QED) is 0.656. The highest BCUT2D eigenvalue weighted by molar-refractivity contribution is 5.94. The Morgan fingerprint density at radius 1 is 1.11 bits per heavy atom. The highest BCUT2D eigenvalue weighted by Gasteiger charge is 2.14. The van der Waals surface area contributed by atoms with E-state index in [1.807, 2.05) is 31.2 Å². The first-order valence-corrected chi connectivity index (χ1v) is 9.95. The summed E-state index contributed by atoms with van der Waals surface area (Å²) in [6.07, 6.45) is 2.00. The summed E-state index contributed by atoms with van der Waals surface area (Å²) in [7, 11) is 1.63. The molecule has 0 spiro atoms. The maximum Gasteiger partial charge on any atom is 0.251 e. The number of hydrogen-bond donors (Lipinski definition) is 1. The van der Waals surface area contributed by atoms with Gasteiger partial charge in [-0.25, -0.2) is 0 Å². The van der Waals surface area contributed by atoms with Crippen molar-refractivity contribution in [1.29, 1.82) is 0 Å². The topological polar surface area (TPSA) is 47.6 Å². The highest BCUT2D eigenvalue weighted by atomic mass is 16.5. The molecule has 2 aromatic rings. The van der Waals surface area contributed by atoms with Crippen LogP contribution in [0.3, 0.4) is 0 Å². The van der Waals surface area contributed by atoms with Gasteiger partial charge in [0.15, 0.2) is 0 Å². The first-order valence-electron chi connectivity index (χ1n) is 9.95. The Morgan fingerprint density at radius 3 is 2.36 bits per heavy atom. The third-order valence-electron chi connectivity index (χ3n) is 4.76. The van der Waals surface area contributed by atoms with Crippen molar-refractivity contribution in [2.24, 2.45) is 0 Å². The molecule has 0 aliphatic heterocycles. The van der Waals surface area contributed by atoms with Gasteiger partial charge in [-0.2, -0.15) is 0 Å². The number of methoxy groups -OCH3 is 1. The van der Waals surface area contributed by atoms with E-state index in [1.54, 1.807) is 13.2 Å². The van der Waals surface area contributed by atoms with Crippen molar-refractivity contribution in [2.45, 2.75) is 65.5 Å². The van der Waals surface area contributed by atoms with Crippen LogP contribution in [0.5, 0.6) is 11.5 Å². The molecule has 0 heterocycles. The van der Waals surface area contributed by atoms with E-state index < -0.39 is 0 Å². The first-order chi connectivity index (χ1) is 13.2. The number of carbonyl (C=O) groups excluding carboxylic acids is 1. The van der Waals surface area contributed by atoms with Crippen LogP contribution in [0.4, 0.5) is 0 Å². The minimum absolute atomic E-state index is 0.0700. The second kappa shape index (κ2) is 9.63. The Kier molecular flexibility index (Phi) is 7.50. The summed E-state index contributed by atoms with van der Waals surface area (Å²) in [4.78, 5) is 12.5. The van der Waals surface area contributed by atoms with Crippen LogP contribution in [0.25, 0.3) is 0 Å². The third kappa shape index (κ3) is 6.01. The van der Waals surface area contributed by atoms with E-state index in [2.05, 4.69) is 45.1 Å². The van der Waals surface area contributed by atoms with E-state index in [1.165, 1.54) is 5.56 Å². The molecule has 4 heteroatoms. The zero-order valence-electron chi connectivity index (χ0n) is 18.0. The molecule has 0 fully saturated rings. The number of benzene rings is 2. The van der Waals surface area contributed by atoms with Crippen LogP contribution in [0.1, 0.15) is 68.9 Å². The summed E-state index contributed by atoms with van der Waals surface area (Å²) in [6.45, 7) is 11.0. The molecule has 1 N–H and O–H groups in total. The molecular weight excluding hydrogens is 350 g/mol. The van der Waals surface area contributed by atoms with Gasteiger partial charge in [-0.05, 0) is 54.7 Å². The molecule has 0 aliphatic rings. The molecule has 0 radical (unpaired) electrons. The van der Waals surface area contributed by atoms with Crippen LogP contribution in [0, 0.1) is 0 Å². The fourth-order valence-corrected chi connectivity index (χ4v) is 3.06. The molecule has 1 amide bonds. The maximum absolute atomic E-state index is 12.5. The second-order valence-corrected chi connectivity index (χ2v) is 8.25. The van der Waals surface area contributed by atoms with Crippen molar-refractivity contribution in [3.63, 3.8) is 0 Å². The number of ether oxygens (including phenoxy) is 2. The van der Waals surface area contributed by atoms with Gasteiger partial charge in [0.1, 0.15) is 18.1 Å². The molecule has 0 saturated heterocycles. The minimum atomic E-state index is -0.0700. The molecule has 2 aromatic carbocycles. The number of carbonyl (C=O) groups is 1. The van der Waals surface area contributed by atoms with Crippen LogP contribution < -0.4 is 14.8 Å². The average molecular weight is 384 g/mol. The molecule has 0 aliphatic carbocycles. The predicted octanol–water partition coefficient (Wildman–Crippen LogP) is 5.49.